The quantitative estimate of drug-likeness (QED) is 0.722. The molecule has 0 aliphatic carbocycles. The third-order valence-corrected chi connectivity index (χ3v) is 3.47. The number of carbonyl (C=O) groups is 1. The number of Topliss-reactive ketones (excluding diaryl/α,β-unsaturated/α-hetero) is 1. The first kappa shape index (κ1) is 15.8. The number of fused-ring (bicyclic) bond motifs is 1. The molecule has 2 unspecified atom stereocenters. The average molecular weight is 292 g/mol. The Morgan fingerprint density at radius 1 is 1.48 bits per heavy atom. The zero-order valence-electron chi connectivity index (χ0n) is 13.1. The summed E-state index contributed by atoms with van der Waals surface area (Å²) >= 11 is 0. The molecule has 116 valence electrons. The van der Waals surface area contributed by atoms with Crippen molar-refractivity contribution >= 4 is 11.5 Å². The van der Waals surface area contributed by atoms with E-state index in [0.29, 0.717) is 18.7 Å². The molecule has 3 N–H and O–H groups in total. The van der Waals surface area contributed by atoms with E-state index >= 15 is 0 Å². The molecule has 0 saturated heterocycles. The minimum absolute atomic E-state index is 0.00471. The molecule has 5 heteroatoms. The summed E-state index contributed by atoms with van der Waals surface area (Å²) in [7, 11) is 0. The molecule has 0 spiro atoms. The van der Waals surface area contributed by atoms with Crippen LogP contribution in [0.15, 0.2) is 18.2 Å². The highest BCUT2D eigenvalue weighted by Crippen LogP contribution is 2.33. The molecule has 2 atom stereocenters. The second-order valence-corrected chi connectivity index (χ2v) is 6.27. The maximum absolute atomic E-state index is 12.4. The van der Waals surface area contributed by atoms with Gasteiger partial charge >= 0.3 is 0 Å². The highest BCUT2D eigenvalue weighted by Gasteiger charge is 2.27. The third-order valence-electron chi connectivity index (χ3n) is 3.47. The number of aliphatic hydroxyl groups is 1. The van der Waals surface area contributed by atoms with E-state index in [9.17, 15) is 9.90 Å². The number of carbonyl (C=O) groups excluding carboxylic acids is 1. The Hall–Kier alpha value is -1.59. The van der Waals surface area contributed by atoms with Crippen LogP contribution in [-0.4, -0.2) is 41.7 Å². The fourth-order valence-electron chi connectivity index (χ4n) is 2.24. The van der Waals surface area contributed by atoms with Gasteiger partial charge in [-0.3, -0.25) is 4.79 Å². The van der Waals surface area contributed by atoms with E-state index in [1.165, 1.54) is 0 Å². The van der Waals surface area contributed by atoms with Crippen LogP contribution in [0.25, 0.3) is 0 Å². The van der Waals surface area contributed by atoms with Crippen LogP contribution >= 0.6 is 0 Å². The Kier molecular flexibility index (Phi) is 4.54. The van der Waals surface area contributed by atoms with Crippen molar-refractivity contribution in [3.05, 3.63) is 23.8 Å². The maximum Gasteiger partial charge on any atom is 0.179 e. The normalized spacial score (nSPS) is 18.9. The van der Waals surface area contributed by atoms with Crippen LogP contribution in [0.4, 0.5) is 5.69 Å². The summed E-state index contributed by atoms with van der Waals surface area (Å²) < 4.78 is 5.87. The summed E-state index contributed by atoms with van der Waals surface area (Å²) in [6.07, 6.45) is -0.471. The van der Waals surface area contributed by atoms with Crippen LogP contribution < -0.4 is 15.4 Å². The van der Waals surface area contributed by atoms with Gasteiger partial charge < -0.3 is 20.5 Å². The lowest BCUT2D eigenvalue weighted by molar-refractivity contribution is 0.0940. The van der Waals surface area contributed by atoms with Crippen molar-refractivity contribution in [3.8, 4) is 5.75 Å². The van der Waals surface area contributed by atoms with Gasteiger partial charge in [-0.05, 0) is 45.9 Å². The number of aliphatic hydroxyl groups excluding tert-OH is 1. The first-order valence-corrected chi connectivity index (χ1v) is 7.31. The third kappa shape index (κ3) is 3.95. The van der Waals surface area contributed by atoms with Crippen LogP contribution in [0, 0.1) is 0 Å². The smallest absolute Gasteiger partial charge is 0.179 e. The Morgan fingerprint density at radius 3 is 2.86 bits per heavy atom. The molecule has 1 aromatic carbocycles. The highest BCUT2D eigenvalue weighted by molar-refractivity contribution is 6.01. The number of hydrogen-bond acceptors (Lipinski definition) is 5. The minimum Gasteiger partial charge on any atom is -0.484 e. The topological polar surface area (TPSA) is 70.6 Å². The average Bonchev–Trinajstić information content (AvgIpc) is 2.42. The first-order chi connectivity index (χ1) is 9.78. The molecule has 1 aliphatic heterocycles. The lowest BCUT2D eigenvalue weighted by Gasteiger charge is -2.33. The van der Waals surface area contributed by atoms with Crippen molar-refractivity contribution in [2.45, 2.75) is 45.4 Å². The molecule has 1 aromatic rings. The number of nitrogens with one attached hydrogen (secondary N) is 2. The number of benzene rings is 1. The highest BCUT2D eigenvalue weighted by atomic mass is 16.5. The summed E-state index contributed by atoms with van der Waals surface area (Å²) in [5.74, 6) is 0.775. The number of hydrogen-bond donors (Lipinski definition) is 3. The van der Waals surface area contributed by atoms with E-state index in [2.05, 4.69) is 10.6 Å². The van der Waals surface area contributed by atoms with E-state index in [0.717, 1.165) is 11.4 Å². The van der Waals surface area contributed by atoms with Crippen LogP contribution in [0.2, 0.25) is 0 Å². The first-order valence-electron chi connectivity index (χ1n) is 7.31. The Bertz CT molecular complexity index is 526. The van der Waals surface area contributed by atoms with Gasteiger partial charge in [-0.25, -0.2) is 0 Å². The van der Waals surface area contributed by atoms with Gasteiger partial charge in [0.05, 0.1) is 24.4 Å². The number of ketones is 1. The molecule has 0 aromatic heterocycles. The van der Waals surface area contributed by atoms with Crippen LogP contribution in [0.3, 0.4) is 0 Å². The standard InChI is InChI=1S/C16H24N2O3/c1-10(19)8-17-11(2)15(20)12-5-6-14-13(7-12)18-9-16(3,4)21-14/h5-7,10-11,17-19H,8-9H2,1-4H3. The summed E-state index contributed by atoms with van der Waals surface area (Å²) in [6.45, 7) is 8.62. The monoisotopic (exact) mass is 292 g/mol. The Labute approximate surface area is 125 Å². The zero-order valence-corrected chi connectivity index (χ0v) is 13.1. The number of rotatable bonds is 5. The lowest BCUT2D eigenvalue weighted by Crippen LogP contribution is -2.40. The Balaban J connectivity index is 2.10. The van der Waals surface area contributed by atoms with Gasteiger partial charge in [0.1, 0.15) is 11.4 Å². The van der Waals surface area contributed by atoms with Crippen molar-refractivity contribution in [3.63, 3.8) is 0 Å². The summed E-state index contributed by atoms with van der Waals surface area (Å²) in [5.41, 5.74) is 1.24. The minimum atomic E-state index is -0.471. The molecule has 0 fully saturated rings. The van der Waals surface area contributed by atoms with E-state index in [1.807, 2.05) is 26.0 Å². The zero-order chi connectivity index (χ0) is 15.6. The summed E-state index contributed by atoms with van der Waals surface area (Å²) in [5, 5.41) is 15.6. The van der Waals surface area contributed by atoms with Gasteiger partial charge in [0.25, 0.3) is 0 Å². The van der Waals surface area contributed by atoms with Gasteiger partial charge in [-0.2, -0.15) is 0 Å². The van der Waals surface area contributed by atoms with Gasteiger partial charge in [-0.1, -0.05) is 0 Å². The summed E-state index contributed by atoms with van der Waals surface area (Å²) in [4.78, 5) is 12.4. The Morgan fingerprint density at radius 2 is 2.19 bits per heavy atom. The largest absolute Gasteiger partial charge is 0.484 e. The lowest BCUT2D eigenvalue weighted by atomic mass is 10.0. The molecule has 5 nitrogen and oxygen atoms in total. The van der Waals surface area contributed by atoms with Gasteiger partial charge in [-0.15, -0.1) is 0 Å². The van der Waals surface area contributed by atoms with Crippen molar-refractivity contribution in [2.75, 3.05) is 18.4 Å². The maximum atomic E-state index is 12.4. The second-order valence-electron chi connectivity index (χ2n) is 6.27. The van der Waals surface area contributed by atoms with E-state index in [4.69, 9.17) is 4.74 Å². The molecule has 2 rings (SSSR count). The van der Waals surface area contributed by atoms with Crippen molar-refractivity contribution in [1.82, 2.24) is 5.32 Å². The molecular weight excluding hydrogens is 268 g/mol. The molecular formula is C16H24N2O3. The van der Waals surface area contributed by atoms with Gasteiger partial charge in [0.15, 0.2) is 5.78 Å². The van der Waals surface area contributed by atoms with Crippen LogP contribution in [0.1, 0.15) is 38.1 Å². The van der Waals surface area contributed by atoms with Gasteiger partial charge in [0.2, 0.25) is 0 Å². The van der Waals surface area contributed by atoms with Crippen molar-refractivity contribution < 1.29 is 14.6 Å². The number of ether oxygens (including phenoxy) is 1. The summed E-state index contributed by atoms with van der Waals surface area (Å²) in [6, 6.07) is 5.11. The van der Waals surface area contributed by atoms with Crippen LogP contribution in [-0.2, 0) is 0 Å². The molecule has 21 heavy (non-hydrogen) atoms. The van der Waals surface area contributed by atoms with E-state index in [1.54, 1.807) is 19.9 Å². The van der Waals surface area contributed by atoms with Crippen LogP contribution in [0.5, 0.6) is 5.75 Å². The predicted molar refractivity (Wildman–Crippen MR) is 83.1 cm³/mol. The molecule has 0 radical (unpaired) electrons. The molecule has 1 aliphatic rings. The fourth-order valence-corrected chi connectivity index (χ4v) is 2.24. The molecule has 0 bridgehead atoms. The van der Waals surface area contributed by atoms with E-state index < -0.39 is 6.10 Å². The van der Waals surface area contributed by atoms with Crippen molar-refractivity contribution in [1.29, 1.82) is 0 Å². The molecule has 0 amide bonds. The SMILES string of the molecule is CC(O)CNC(C)C(=O)c1ccc2c(c1)NCC(C)(C)O2. The fraction of sp³-hybridized carbons (Fsp3) is 0.562. The van der Waals surface area contributed by atoms with Crippen molar-refractivity contribution in [2.24, 2.45) is 0 Å². The molecule has 1 heterocycles. The van der Waals surface area contributed by atoms with Gasteiger partial charge in [0, 0.05) is 12.1 Å². The molecule has 0 saturated carbocycles. The number of anilines is 1. The predicted octanol–water partition coefficient (Wildman–Crippen LogP) is 1.81. The second kappa shape index (κ2) is 6.03. The van der Waals surface area contributed by atoms with E-state index in [-0.39, 0.29) is 17.4 Å².